The summed E-state index contributed by atoms with van der Waals surface area (Å²) in [6.45, 7) is 0. The van der Waals surface area contributed by atoms with E-state index in [2.05, 4.69) is 16.9 Å². The zero-order chi connectivity index (χ0) is 10.7. The average Bonchev–Trinajstić information content (AvgIpc) is 2.29. The van der Waals surface area contributed by atoms with Crippen molar-refractivity contribution in [3.8, 4) is 0 Å². The highest BCUT2D eigenvalue weighted by molar-refractivity contribution is 6.29. The Hall–Kier alpha value is -0.760. The third kappa shape index (κ3) is 2.63. The third-order valence-electron chi connectivity index (χ3n) is 3.24. The van der Waals surface area contributed by atoms with Crippen molar-refractivity contribution in [2.24, 2.45) is 0 Å². The molecular weight excluding hydrogens is 208 g/mol. The summed E-state index contributed by atoms with van der Waals surface area (Å²) in [5, 5.41) is 0.579. The van der Waals surface area contributed by atoms with Gasteiger partial charge in [0.05, 0.1) is 0 Å². The highest BCUT2D eigenvalue weighted by Gasteiger charge is 2.18. The second-order valence-corrected chi connectivity index (χ2v) is 4.63. The largest absolute Gasteiger partial charge is 0.371 e. The maximum atomic E-state index is 5.89. The van der Waals surface area contributed by atoms with Crippen LogP contribution in [0.3, 0.4) is 0 Å². The normalized spacial score (nSPS) is 17.7. The van der Waals surface area contributed by atoms with Gasteiger partial charge in [-0.1, -0.05) is 30.9 Å². The lowest BCUT2D eigenvalue weighted by molar-refractivity contribution is 0.427. The summed E-state index contributed by atoms with van der Waals surface area (Å²) >= 11 is 5.89. The predicted octanol–water partition coefficient (Wildman–Crippen LogP) is 3.50. The van der Waals surface area contributed by atoms with E-state index in [1.54, 1.807) is 6.20 Å². The minimum atomic E-state index is 0.579. The Morgan fingerprint density at radius 3 is 2.73 bits per heavy atom. The van der Waals surface area contributed by atoms with Crippen LogP contribution in [0.4, 0.5) is 5.69 Å². The maximum absolute atomic E-state index is 5.89. The van der Waals surface area contributed by atoms with E-state index in [-0.39, 0.29) is 0 Å². The summed E-state index contributed by atoms with van der Waals surface area (Å²) in [5.41, 5.74) is 1.18. The van der Waals surface area contributed by atoms with E-state index in [9.17, 15) is 0 Å². The van der Waals surface area contributed by atoms with E-state index in [1.807, 2.05) is 12.1 Å². The van der Waals surface area contributed by atoms with E-state index in [4.69, 9.17) is 11.6 Å². The van der Waals surface area contributed by atoms with Crippen LogP contribution in [0.15, 0.2) is 18.3 Å². The number of hydrogen-bond donors (Lipinski definition) is 0. The van der Waals surface area contributed by atoms with E-state index in [0.29, 0.717) is 11.2 Å². The third-order valence-corrected chi connectivity index (χ3v) is 3.45. The minimum Gasteiger partial charge on any atom is -0.371 e. The number of aromatic nitrogens is 1. The zero-order valence-corrected chi connectivity index (χ0v) is 9.87. The molecule has 1 fully saturated rings. The van der Waals surface area contributed by atoms with E-state index < -0.39 is 0 Å². The number of nitrogens with zero attached hydrogens (tertiary/aromatic N) is 2. The summed E-state index contributed by atoms with van der Waals surface area (Å²) in [6.07, 6.45) is 8.48. The van der Waals surface area contributed by atoms with E-state index in [0.717, 1.165) is 0 Å². The molecule has 15 heavy (non-hydrogen) atoms. The Bertz CT molecular complexity index is 321. The summed E-state index contributed by atoms with van der Waals surface area (Å²) < 4.78 is 0. The molecule has 82 valence electrons. The maximum Gasteiger partial charge on any atom is 0.131 e. The molecule has 0 aliphatic heterocycles. The van der Waals surface area contributed by atoms with Crippen molar-refractivity contribution in [1.82, 2.24) is 4.98 Å². The number of rotatable bonds is 2. The predicted molar refractivity (Wildman–Crippen MR) is 64.5 cm³/mol. The molecule has 0 N–H and O–H groups in total. The Morgan fingerprint density at radius 1 is 1.33 bits per heavy atom. The summed E-state index contributed by atoms with van der Waals surface area (Å²) in [5.74, 6) is 0. The van der Waals surface area contributed by atoms with Gasteiger partial charge in [0.2, 0.25) is 0 Å². The second-order valence-electron chi connectivity index (χ2n) is 4.24. The molecule has 1 aliphatic carbocycles. The Morgan fingerprint density at radius 2 is 2.07 bits per heavy atom. The monoisotopic (exact) mass is 224 g/mol. The molecule has 0 spiro atoms. The smallest absolute Gasteiger partial charge is 0.131 e. The molecule has 1 aromatic heterocycles. The number of hydrogen-bond acceptors (Lipinski definition) is 2. The fourth-order valence-electron chi connectivity index (χ4n) is 2.29. The molecule has 1 aliphatic rings. The summed E-state index contributed by atoms with van der Waals surface area (Å²) in [4.78, 5) is 6.35. The van der Waals surface area contributed by atoms with Gasteiger partial charge in [-0.15, -0.1) is 0 Å². The van der Waals surface area contributed by atoms with Crippen LogP contribution in [0.5, 0.6) is 0 Å². The van der Waals surface area contributed by atoms with Gasteiger partial charge >= 0.3 is 0 Å². The Labute approximate surface area is 96.3 Å². The molecular formula is C12H17ClN2. The molecule has 0 aromatic carbocycles. The van der Waals surface area contributed by atoms with Crippen molar-refractivity contribution in [3.63, 3.8) is 0 Å². The molecule has 2 rings (SSSR count). The van der Waals surface area contributed by atoms with Gasteiger partial charge < -0.3 is 4.90 Å². The highest BCUT2D eigenvalue weighted by Crippen LogP contribution is 2.26. The van der Waals surface area contributed by atoms with Gasteiger partial charge in [0, 0.05) is 25.0 Å². The van der Waals surface area contributed by atoms with Gasteiger partial charge in [-0.2, -0.15) is 0 Å². The molecule has 0 saturated heterocycles. The lowest BCUT2D eigenvalue weighted by Crippen LogP contribution is -2.33. The SMILES string of the molecule is CN(c1ccnc(Cl)c1)C1CCCCC1. The molecule has 1 saturated carbocycles. The molecule has 0 bridgehead atoms. The first kappa shape index (κ1) is 10.7. The molecule has 0 amide bonds. The first-order chi connectivity index (χ1) is 7.27. The lowest BCUT2D eigenvalue weighted by Gasteiger charge is -2.32. The number of anilines is 1. The number of halogens is 1. The van der Waals surface area contributed by atoms with Crippen LogP contribution in [0.2, 0.25) is 5.15 Å². The fourth-order valence-corrected chi connectivity index (χ4v) is 2.46. The molecule has 0 unspecified atom stereocenters. The van der Waals surface area contributed by atoms with Crippen molar-refractivity contribution in [1.29, 1.82) is 0 Å². The Balaban J connectivity index is 2.08. The first-order valence-electron chi connectivity index (χ1n) is 5.62. The lowest BCUT2D eigenvalue weighted by atomic mass is 9.94. The van der Waals surface area contributed by atoms with Crippen molar-refractivity contribution in [2.75, 3.05) is 11.9 Å². The standard InChI is InChI=1S/C12H17ClN2/c1-15(10-5-3-2-4-6-10)11-7-8-14-12(13)9-11/h7-10H,2-6H2,1H3. The second kappa shape index (κ2) is 4.84. The first-order valence-corrected chi connectivity index (χ1v) is 5.99. The molecule has 3 heteroatoms. The van der Waals surface area contributed by atoms with Gasteiger partial charge in [0.15, 0.2) is 0 Å². The van der Waals surface area contributed by atoms with Gasteiger partial charge in [-0.25, -0.2) is 4.98 Å². The van der Waals surface area contributed by atoms with Gasteiger partial charge in [-0.3, -0.25) is 0 Å². The fraction of sp³-hybridized carbons (Fsp3) is 0.583. The van der Waals surface area contributed by atoms with Crippen LogP contribution in [0.1, 0.15) is 32.1 Å². The Kier molecular flexibility index (Phi) is 3.47. The van der Waals surface area contributed by atoms with Gasteiger partial charge in [-0.05, 0) is 25.0 Å². The van der Waals surface area contributed by atoms with Crippen molar-refractivity contribution >= 4 is 17.3 Å². The quantitative estimate of drug-likeness (QED) is 0.715. The van der Waals surface area contributed by atoms with Gasteiger partial charge in [0.25, 0.3) is 0 Å². The van der Waals surface area contributed by atoms with Crippen molar-refractivity contribution in [2.45, 2.75) is 38.1 Å². The van der Waals surface area contributed by atoms with E-state index >= 15 is 0 Å². The van der Waals surface area contributed by atoms with Crippen LogP contribution in [-0.4, -0.2) is 18.1 Å². The molecule has 1 heterocycles. The molecule has 1 aromatic rings. The van der Waals surface area contributed by atoms with Crippen LogP contribution in [0.25, 0.3) is 0 Å². The van der Waals surface area contributed by atoms with Crippen molar-refractivity contribution in [3.05, 3.63) is 23.5 Å². The van der Waals surface area contributed by atoms with Gasteiger partial charge in [0.1, 0.15) is 5.15 Å². The molecule has 0 atom stereocenters. The number of pyridine rings is 1. The highest BCUT2D eigenvalue weighted by atomic mass is 35.5. The topological polar surface area (TPSA) is 16.1 Å². The summed E-state index contributed by atoms with van der Waals surface area (Å²) in [6, 6.07) is 4.65. The van der Waals surface area contributed by atoms with Crippen molar-refractivity contribution < 1.29 is 0 Å². The van der Waals surface area contributed by atoms with E-state index in [1.165, 1.54) is 37.8 Å². The van der Waals surface area contributed by atoms with Crippen LogP contribution >= 0.6 is 11.6 Å². The van der Waals surface area contributed by atoms with Crippen LogP contribution < -0.4 is 4.90 Å². The average molecular weight is 225 g/mol. The van der Waals surface area contributed by atoms with Crippen LogP contribution in [0, 0.1) is 0 Å². The zero-order valence-electron chi connectivity index (χ0n) is 9.12. The summed E-state index contributed by atoms with van der Waals surface area (Å²) in [7, 11) is 2.15. The van der Waals surface area contributed by atoms with Crippen LogP contribution in [-0.2, 0) is 0 Å². The minimum absolute atomic E-state index is 0.579. The molecule has 2 nitrogen and oxygen atoms in total. The molecule has 0 radical (unpaired) electrons.